The van der Waals surface area contributed by atoms with Gasteiger partial charge in [0.2, 0.25) is 0 Å². The molecule has 1 aliphatic rings. The monoisotopic (exact) mass is 212 g/mol. The van der Waals surface area contributed by atoms with Crippen LogP contribution >= 0.6 is 0 Å². The lowest BCUT2D eigenvalue weighted by Gasteiger charge is -2.40. The molecule has 0 saturated carbocycles. The van der Waals surface area contributed by atoms with Gasteiger partial charge < -0.3 is 10.6 Å². The second kappa shape index (κ2) is 5.86. The molecule has 0 bridgehead atoms. The van der Waals surface area contributed by atoms with E-state index in [1.54, 1.807) is 0 Å². The quantitative estimate of drug-likeness (QED) is 0.776. The molecule has 0 aromatic carbocycles. The van der Waals surface area contributed by atoms with Crippen LogP contribution in [0.15, 0.2) is 0 Å². The second-order valence-corrected chi connectivity index (χ2v) is 5.45. The lowest BCUT2D eigenvalue weighted by atomic mass is 9.88. The standard InChI is InChI=1S/C13H28N2/c1-5-13(10(2)3)15-8-6-12(7-9-15)11(4)14/h10-13H,5-9,14H2,1-4H3. The van der Waals surface area contributed by atoms with Gasteiger partial charge in [0.25, 0.3) is 0 Å². The summed E-state index contributed by atoms with van der Waals surface area (Å²) in [5.74, 6) is 1.53. The molecule has 2 nitrogen and oxygen atoms in total. The van der Waals surface area contributed by atoms with Gasteiger partial charge in [0.1, 0.15) is 0 Å². The van der Waals surface area contributed by atoms with Gasteiger partial charge >= 0.3 is 0 Å². The average Bonchev–Trinajstić information content (AvgIpc) is 2.19. The van der Waals surface area contributed by atoms with E-state index < -0.39 is 0 Å². The lowest BCUT2D eigenvalue weighted by molar-refractivity contribution is 0.0955. The van der Waals surface area contributed by atoms with E-state index in [2.05, 4.69) is 32.6 Å². The minimum Gasteiger partial charge on any atom is -0.328 e. The topological polar surface area (TPSA) is 29.3 Å². The summed E-state index contributed by atoms with van der Waals surface area (Å²) in [5, 5.41) is 0. The predicted octanol–water partition coefficient (Wildman–Crippen LogP) is 2.48. The Labute approximate surface area is 95.2 Å². The van der Waals surface area contributed by atoms with E-state index >= 15 is 0 Å². The zero-order valence-electron chi connectivity index (χ0n) is 10.9. The van der Waals surface area contributed by atoms with Crippen molar-refractivity contribution in [2.24, 2.45) is 17.6 Å². The van der Waals surface area contributed by atoms with E-state index in [1.807, 2.05) is 0 Å². The number of hydrogen-bond donors (Lipinski definition) is 1. The van der Waals surface area contributed by atoms with Crippen LogP contribution in [-0.4, -0.2) is 30.1 Å². The van der Waals surface area contributed by atoms with Crippen molar-refractivity contribution >= 4 is 0 Å². The van der Waals surface area contributed by atoms with Crippen LogP contribution in [0.3, 0.4) is 0 Å². The highest BCUT2D eigenvalue weighted by Crippen LogP contribution is 2.24. The maximum atomic E-state index is 5.96. The summed E-state index contributed by atoms with van der Waals surface area (Å²) >= 11 is 0. The van der Waals surface area contributed by atoms with E-state index in [1.165, 1.54) is 32.4 Å². The van der Waals surface area contributed by atoms with Crippen molar-refractivity contribution < 1.29 is 0 Å². The Morgan fingerprint density at radius 3 is 2.07 bits per heavy atom. The van der Waals surface area contributed by atoms with Crippen molar-refractivity contribution in [2.45, 2.75) is 59.0 Å². The first-order valence-corrected chi connectivity index (χ1v) is 6.55. The summed E-state index contributed by atoms with van der Waals surface area (Å²) in [6, 6.07) is 1.16. The number of rotatable bonds is 4. The molecule has 0 amide bonds. The Bertz CT molecular complexity index is 169. The summed E-state index contributed by atoms with van der Waals surface area (Å²) in [7, 11) is 0. The molecule has 2 unspecified atom stereocenters. The molecule has 0 aromatic rings. The van der Waals surface area contributed by atoms with Crippen LogP contribution in [0.2, 0.25) is 0 Å². The summed E-state index contributed by atoms with van der Waals surface area (Å²) < 4.78 is 0. The van der Waals surface area contributed by atoms with Crippen LogP contribution in [0.5, 0.6) is 0 Å². The fourth-order valence-electron chi connectivity index (χ4n) is 2.93. The van der Waals surface area contributed by atoms with Gasteiger partial charge in [-0.2, -0.15) is 0 Å². The molecular formula is C13H28N2. The van der Waals surface area contributed by atoms with Gasteiger partial charge in [-0.3, -0.25) is 0 Å². The number of hydrogen-bond acceptors (Lipinski definition) is 2. The van der Waals surface area contributed by atoms with Gasteiger partial charge in [-0.15, -0.1) is 0 Å². The molecule has 1 aliphatic heterocycles. The van der Waals surface area contributed by atoms with E-state index in [4.69, 9.17) is 5.73 Å². The number of piperidine rings is 1. The van der Waals surface area contributed by atoms with Crippen molar-refractivity contribution in [3.8, 4) is 0 Å². The SMILES string of the molecule is CCC(C(C)C)N1CCC(C(C)N)CC1. The molecule has 0 aliphatic carbocycles. The first-order valence-electron chi connectivity index (χ1n) is 6.55. The maximum absolute atomic E-state index is 5.96. The predicted molar refractivity (Wildman–Crippen MR) is 66.9 cm³/mol. The van der Waals surface area contributed by atoms with E-state index in [0.29, 0.717) is 6.04 Å². The maximum Gasteiger partial charge on any atom is 0.0116 e. The van der Waals surface area contributed by atoms with E-state index in [-0.39, 0.29) is 0 Å². The number of nitrogens with two attached hydrogens (primary N) is 1. The molecule has 1 fully saturated rings. The van der Waals surface area contributed by atoms with Crippen molar-refractivity contribution in [2.75, 3.05) is 13.1 Å². The molecule has 15 heavy (non-hydrogen) atoms. The van der Waals surface area contributed by atoms with Gasteiger partial charge in [-0.05, 0) is 51.1 Å². The van der Waals surface area contributed by atoms with Crippen LogP contribution < -0.4 is 5.73 Å². The molecule has 2 atom stereocenters. The van der Waals surface area contributed by atoms with E-state index in [9.17, 15) is 0 Å². The first kappa shape index (κ1) is 13.0. The summed E-state index contributed by atoms with van der Waals surface area (Å²) in [5.41, 5.74) is 5.96. The molecule has 2 N–H and O–H groups in total. The van der Waals surface area contributed by atoms with Crippen LogP contribution in [0.4, 0.5) is 0 Å². The highest BCUT2D eigenvalue weighted by molar-refractivity contribution is 4.82. The highest BCUT2D eigenvalue weighted by atomic mass is 15.2. The van der Waals surface area contributed by atoms with Crippen molar-refractivity contribution in [1.29, 1.82) is 0 Å². The third kappa shape index (κ3) is 3.46. The fourth-order valence-corrected chi connectivity index (χ4v) is 2.93. The number of likely N-dealkylation sites (tertiary alicyclic amines) is 1. The van der Waals surface area contributed by atoms with Crippen molar-refractivity contribution in [3.63, 3.8) is 0 Å². The van der Waals surface area contributed by atoms with Crippen LogP contribution in [-0.2, 0) is 0 Å². The fraction of sp³-hybridized carbons (Fsp3) is 1.00. The third-order valence-corrected chi connectivity index (χ3v) is 3.97. The number of nitrogens with zero attached hydrogens (tertiary/aromatic N) is 1. The van der Waals surface area contributed by atoms with Crippen LogP contribution in [0, 0.1) is 11.8 Å². The van der Waals surface area contributed by atoms with Gasteiger partial charge in [-0.25, -0.2) is 0 Å². The molecule has 2 heteroatoms. The van der Waals surface area contributed by atoms with E-state index in [0.717, 1.165) is 17.9 Å². The van der Waals surface area contributed by atoms with Gasteiger partial charge in [-0.1, -0.05) is 20.8 Å². The molecule has 1 rings (SSSR count). The molecular weight excluding hydrogens is 184 g/mol. The Balaban J connectivity index is 2.42. The summed E-state index contributed by atoms with van der Waals surface area (Å²) in [6.45, 7) is 11.6. The molecule has 1 saturated heterocycles. The average molecular weight is 212 g/mol. The normalized spacial score (nSPS) is 24.4. The Kier molecular flexibility index (Phi) is 5.07. The minimum absolute atomic E-state index is 0.381. The van der Waals surface area contributed by atoms with Crippen molar-refractivity contribution in [3.05, 3.63) is 0 Å². The molecule has 0 radical (unpaired) electrons. The smallest absolute Gasteiger partial charge is 0.0116 e. The molecule has 0 spiro atoms. The Hall–Kier alpha value is -0.0800. The van der Waals surface area contributed by atoms with Crippen LogP contribution in [0.25, 0.3) is 0 Å². The Morgan fingerprint density at radius 2 is 1.73 bits per heavy atom. The summed E-state index contributed by atoms with van der Waals surface area (Å²) in [6.07, 6.45) is 3.86. The molecule has 1 heterocycles. The molecule has 0 aromatic heterocycles. The largest absolute Gasteiger partial charge is 0.328 e. The zero-order valence-corrected chi connectivity index (χ0v) is 10.9. The third-order valence-electron chi connectivity index (χ3n) is 3.97. The minimum atomic E-state index is 0.381. The molecule has 90 valence electrons. The second-order valence-electron chi connectivity index (χ2n) is 5.45. The lowest BCUT2D eigenvalue weighted by Crippen LogP contribution is -2.46. The zero-order chi connectivity index (χ0) is 11.4. The van der Waals surface area contributed by atoms with Gasteiger partial charge in [0.05, 0.1) is 0 Å². The summed E-state index contributed by atoms with van der Waals surface area (Å²) in [4.78, 5) is 2.67. The van der Waals surface area contributed by atoms with Crippen molar-refractivity contribution in [1.82, 2.24) is 4.90 Å². The highest BCUT2D eigenvalue weighted by Gasteiger charge is 2.26. The first-order chi connectivity index (χ1) is 7.06. The van der Waals surface area contributed by atoms with Gasteiger partial charge in [0.15, 0.2) is 0 Å². The van der Waals surface area contributed by atoms with Crippen LogP contribution in [0.1, 0.15) is 47.0 Å². The van der Waals surface area contributed by atoms with Gasteiger partial charge in [0, 0.05) is 12.1 Å². The Morgan fingerprint density at radius 1 is 1.20 bits per heavy atom.